The molecule has 0 bridgehead atoms. The van der Waals surface area contributed by atoms with Crippen LogP contribution in [-0.2, 0) is 7.05 Å². The van der Waals surface area contributed by atoms with Crippen LogP contribution in [-0.4, -0.2) is 33.5 Å². The zero-order valence-electron chi connectivity index (χ0n) is 13.9. The minimum absolute atomic E-state index is 0.0112. The molecule has 0 saturated carbocycles. The molecule has 0 radical (unpaired) electrons. The Morgan fingerprint density at radius 3 is 2.92 bits per heavy atom. The lowest BCUT2D eigenvalue weighted by molar-refractivity contribution is 0.0874. The van der Waals surface area contributed by atoms with Crippen molar-refractivity contribution < 1.29 is 14.3 Å². The molecule has 0 spiro atoms. The summed E-state index contributed by atoms with van der Waals surface area (Å²) in [7, 11) is 1.85. The van der Waals surface area contributed by atoms with Crippen molar-refractivity contribution in [3.8, 4) is 0 Å². The van der Waals surface area contributed by atoms with Crippen molar-refractivity contribution in [3.63, 3.8) is 0 Å². The molecule has 2 unspecified atom stereocenters. The predicted octanol–water partition coefficient (Wildman–Crippen LogP) is 2.71. The number of Topliss-reactive ketones (excluding diaryl/α,β-unsaturated/α-hetero) is 1. The Kier molecular flexibility index (Phi) is 4.66. The van der Waals surface area contributed by atoms with Crippen LogP contribution >= 0.6 is 0 Å². The molecule has 6 heteroatoms. The lowest BCUT2D eigenvalue weighted by Crippen LogP contribution is -2.39. The maximum Gasteiger partial charge on any atom is 0.164 e. The molecule has 1 N–H and O–H groups in total. The summed E-state index contributed by atoms with van der Waals surface area (Å²) >= 11 is 0. The molecule has 2 aromatic rings. The maximum atomic E-state index is 14.1. The third kappa shape index (κ3) is 3.06. The smallest absolute Gasteiger partial charge is 0.164 e. The number of ketones is 1. The highest BCUT2D eigenvalue weighted by Crippen LogP contribution is 2.33. The number of anilines is 1. The van der Waals surface area contributed by atoms with Gasteiger partial charge in [0.2, 0.25) is 0 Å². The summed E-state index contributed by atoms with van der Waals surface area (Å²) in [6.45, 7) is 2.69. The molecule has 128 valence electrons. The van der Waals surface area contributed by atoms with Crippen molar-refractivity contribution >= 4 is 11.5 Å². The predicted molar refractivity (Wildman–Crippen MR) is 89.5 cm³/mol. The number of aromatic nitrogens is 2. The van der Waals surface area contributed by atoms with E-state index >= 15 is 0 Å². The topological polar surface area (TPSA) is 58.4 Å². The van der Waals surface area contributed by atoms with Crippen molar-refractivity contribution in [3.05, 3.63) is 47.8 Å². The number of benzene rings is 1. The molecule has 1 fully saturated rings. The number of rotatable bonds is 4. The van der Waals surface area contributed by atoms with Crippen LogP contribution < -0.4 is 4.90 Å². The zero-order valence-corrected chi connectivity index (χ0v) is 13.9. The van der Waals surface area contributed by atoms with E-state index in [0.29, 0.717) is 18.1 Å². The Bertz CT molecular complexity index is 744. The van der Waals surface area contributed by atoms with Crippen molar-refractivity contribution in [1.29, 1.82) is 0 Å². The first kappa shape index (κ1) is 16.6. The van der Waals surface area contributed by atoms with E-state index < -0.39 is 11.9 Å². The van der Waals surface area contributed by atoms with E-state index in [4.69, 9.17) is 0 Å². The van der Waals surface area contributed by atoms with E-state index in [1.165, 1.54) is 13.0 Å². The summed E-state index contributed by atoms with van der Waals surface area (Å²) in [6.07, 6.45) is 4.54. The number of hydrogen-bond acceptors (Lipinski definition) is 4. The van der Waals surface area contributed by atoms with Crippen LogP contribution in [0.4, 0.5) is 10.1 Å². The number of nitrogens with zero attached hydrogens (tertiary/aromatic N) is 3. The maximum absolute atomic E-state index is 14.1. The first-order chi connectivity index (χ1) is 11.5. The van der Waals surface area contributed by atoms with Crippen molar-refractivity contribution in [2.24, 2.45) is 13.0 Å². The Hall–Kier alpha value is -2.21. The van der Waals surface area contributed by atoms with Gasteiger partial charge in [-0.1, -0.05) is 6.07 Å². The van der Waals surface area contributed by atoms with E-state index in [0.717, 1.165) is 19.4 Å². The van der Waals surface area contributed by atoms with E-state index in [1.54, 1.807) is 24.5 Å². The van der Waals surface area contributed by atoms with Crippen molar-refractivity contribution in [1.82, 2.24) is 9.55 Å². The minimum atomic E-state index is -0.679. The normalized spacial score (nSPS) is 19.3. The standard InChI is InChI=1S/C18H22FN3O2/c1-12(23)16-14(19)6-3-7-15(16)22-9-4-5-13(11-22)17(24)18-20-8-10-21(18)2/h3,6-8,10,13,17,24H,4-5,9,11H2,1-2H3. The van der Waals surface area contributed by atoms with Gasteiger partial charge in [-0.25, -0.2) is 9.37 Å². The summed E-state index contributed by atoms with van der Waals surface area (Å²) in [4.78, 5) is 18.1. The highest BCUT2D eigenvalue weighted by atomic mass is 19.1. The van der Waals surface area contributed by atoms with Gasteiger partial charge in [0.1, 0.15) is 17.7 Å². The van der Waals surface area contributed by atoms with Gasteiger partial charge in [-0.15, -0.1) is 0 Å². The van der Waals surface area contributed by atoms with Crippen molar-refractivity contribution in [2.75, 3.05) is 18.0 Å². The van der Waals surface area contributed by atoms with Gasteiger partial charge in [-0.2, -0.15) is 0 Å². The fourth-order valence-electron chi connectivity index (χ4n) is 3.48. The van der Waals surface area contributed by atoms with E-state index in [2.05, 4.69) is 4.98 Å². The lowest BCUT2D eigenvalue weighted by Gasteiger charge is -2.37. The number of aliphatic hydroxyl groups is 1. The molecule has 1 aromatic carbocycles. The van der Waals surface area contributed by atoms with Crippen LogP contribution in [0.5, 0.6) is 0 Å². The van der Waals surface area contributed by atoms with Gasteiger partial charge in [0, 0.05) is 38.4 Å². The summed E-state index contributed by atoms with van der Waals surface area (Å²) in [5.74, 6) is -0.155. The molecule has 1 saturated heterocycles. The summed E-state index contributed by atoms with van der Waals surface area (Å²) in [6, 6.07) is 4.70. The van der Waals surface area contributed by atoms with Gasteiger partial charge in [0.05, 0.1) is 11.3 Å². The third-order valence-electron chi connectivity index (χ3n) is 4.71. The van der Waals surface area contributed by atoms with Gasteiger partial charge < -0.3 is 14.6 Å². The van der Waals surface area contributed by atoms with Crippen LogP contribution in [0.25, 0.3) is 0 Å². The van der Waals surface area contributed by atoms with E-state index in [-0.39, 0.29) is 17.3 Å². The number of imidazole rings is 1. The number of hydrogen-bond donors (Lipinski definition) is 1. The van der Waals surface area contributed by atoms with Gasteiger partial charge in [0.25, 0.3) is 0 Å². The number of carbonyl (C=O) groups is 1. The second-order valence-corrected chi connectivity index (χ2v) is 6.38. The van der Waals surface area contributed by atoms with Crippen LogP contribution in [0.15, 0.2) is 30.6 Å². The average molecular weight is 331 g/mol. The second kappa shape index (κ2) is 6.73. The summed E-state index contributed by atoms with van der Waals surface area (Å²) in [5.41, 5.74) is 0.740. The summed E-state index contributed by atoms with van der Waals surface area (Å²) < 4.78 is 15.9. The number of carbonyl (C=O) groups excluding carboxylic acids is 1. The summed E-state index contributed by atoms with van der Waals surface area (Å²) in [5, 5.41) is 10.7. The van der Waals surface area contributed by atoms with Crippen LogP contribution in [0.1, 0.15) is 42.1 Å². The molecule has 2 atom stereocenters. The molecule has 1 aromatic heterocycles. The van der Waals surface area contributed by atoms with Crippen LogP contribution in [0, 0.1) is 11.7 Å². The van der Waals surface area contributed by atoms with Gasteiger partial charge >= 0.3 is 0 Å². The number of aliphatic hydroxyl groups excluding tert-OH is 1. The molecule has 0 aliphatic carbocycles. The van der Waals surface area contributed by atoms with E-state index in [1.807, 2.05) is 16.5 Å². The molecule has 1 aliphatic heterocycles. The lowest BCUT2D eigenvalue weighted by atomic mass is 9.91. The van der Waals surface area contributed by atoms with Crippen molar-refractivity contribution in [2.45, 2.75) is 25.9 Å². The second-order valence-electron chi connectivity index (χ2n) is 6.38. The van der Waals surface area contributed by atoms with Gasteiger partial charge in [-0.05, 0) is 31.9 Å². The molecule has 2 heterocycles. The molecular weight excluding hydrogens is 309 g/mol. The Balaban J connectivity index is 1.86. The fourth-order valence-corrected chi connectivity index (χ4v) is 3.48. The highest BCUT2D eigenvalue weighted by Gasteiger charge is 2.30. The minimum Gasteiger partial charge on any atom is -0.385 e. The first-order valence-electron chi connectivity index (χ1n) is 8.18. The molecule has 3 rings (SSSR count). The molecule has 1 aliphatic rings. The Labute approximate surface area is 140 Å². The molecule has 24 heavy (non-hydrogen) atoms. The Morgan fingerprint density at radius 1 is 1.46 bits per heavy atom. The highest BCUT2D eigenvalue weighted by molar-refractivity contribution is 6.00. The number of aryl methyl sites for hydroxylation is 1. The molecule has 0 amide bonds. The number of halogens is 1. The Morgan fingerprint density at radius 2 is 2.25 bits per heavy atom. The zero-order chi connectivity index (χ0) is 17.3. The van der Waals surface area contributed by atoms with Gasteiger partial charge in [0.15, 0.2) is 5.78 Å². The molecule has 5 nitrogen and oxygen atoms in total. The van der Waals surface area contributed by atoms with Crippen LogP contribution in [0.2, 0.25) is 0 Å². The SMILES string of the molecule is CC(=O)c1c(F)cccc1N1CCCC(C(O)c2nccn2C)C1. The van der Waals surface area contributed by atoms with Crippen LogP contribution in [0.3, 0.4) is 0 Å². The van der Waals surface area contributed by atoms with Gasteiger partial charge in [-0.3, -0.25) is 4.79 Å². The first-order valence-corrected chi connectivity index (χ1v) is 8.18. The third-order valence-corrected chi connectivity index (χ3v) is 4.71. The monoisotopic (exact) mass is 331 g/mol. The number of piperidine rings is 1. The fraction of sp³-hybridized carbons (Fsp3) is 0.444. The quantitative estimate of drug-likeness (QED) is 0.875. The van der Waals surface area contributed by atoms with E-state index in [9.17, 15) is 14.3 Å². The molecular formula is C18H22FN3O2. The largest absolute Gasteiger partial charge is 0.385 e. The average Bonchev–Trinajstić information content (AvgIpc) is 2.99.